The van der Waals surface area contributed by atoms with Crippen LogP contribution in [0.3, 0.4) is 0 Å². The van der Waals surface area contributed by atoms with E-state index in [-0.39, 0.29) is 6.61 Å². The number of aliphatic hydroxyl groups is 1. The molecule has 0 bridgehead atoms. The van der Waals surface area contributed by atoms with Crippen LogP contribution < -0.4 is 10.6 Å². The normalized spacial score (nSPS) is 12.8. The fourth-order valence-corrected chi connectivity index (χ4v) is 4.42. The van der Waals surface area contributed by atoms with Gasteiger partial charge in [-0.1, -0.05) is 75.8 Å². The van der Waals surface area contributed by atoms with Crippen LogP contribution in [0.2, 0.25) is 5.02 Å². The van der Waals surface area contributed by atoms with Crippen molar-refractivity contribution in [2.75, 3.05) is 57.0 Å². The van der Waals surface area contributed by atoms with E-state index in [1.165, 1.54) is 29.5 Å². The molecule has 8 nitrogen and oxygen atoms in total. The topological polar surface area (TPSA) is 93.1 Å². The van der Waals surface area contributed by atoms with Gasteiger partial charge in [-0.15, -0.1) is 0 Å². The van der Waals surface area contributed by atoms with Crippen LogP contribution in [-0.2, 0) is 0 Å². The minimum atomic E-state index is 0.187. The van der Waals surface area contributed by atoms with Gasteiger partial charge in [0.1, 0.15) is 5.82 Å². The fourth-order valence-electron chi connectivity index (χ4n) is 3.44. The molecule has 0 atom stereocenters. The third-order valence-electron chi connectivity index (χ3n) is 5.13. The monoisotopic (exact) mass is 592 g/mol. The molecule has 1 saturated heterocycles. The lowest BCUT2D eigenvalue weighted by atomic mass is 10.2. The number of thiazole rings is 1. The zero-order valence-corrected chi connectivity index (χ0v) is 27.1. The average molecular weight is 593 g/mol. The first-order chi connectivity index (χ1) is 19.2. The minimum absolute atomic E-state index is 0.187. The highest BCUT2D eigenvalue weighted by Gasteiger charge is 2.18. The first kappa shape index (κ1) is 37.3. The summed E-state index contributed by atoms with van der Waals surface area (Å²) >= 11 is 7.15. The number of carbonyl (C=O) groups excluding carboxylic acids is 1. The zero-order valence-electron chi connectivity index (χ0n) is 25.6. The molecule has 0 amide bonds. The Labute approximate surface area is 250 Å². The number of nitrogens with zero attached hydrogens (tertiary/aromatic N) is 4. The molecule has 1 aromatic heterocycles. The molecular weight excluding hydrogens is 544 g/mol. The van der Waals surface area contributed by atoms with Gasteiger partial charge in [0.2, 0.25) is 0 Å². The van der Waals surface area contributed by atoms with Crippen molar-refractivity contribution in [1.82, 2.24) is 14.8 Å². The zero-order chi connectivity index (χ0) is 30.5. The Morgan fingerprint density at radius 3 is 2.30 bits per heavy atom. The highest BCUT2D eigenvalue weighted by molar-refractivity contribution is 7.17. The Hall–Kier alpha value is -2.72. The van der Waals surface area contributed by atoms with Crippen LogP contribution >= 0.6 is 22.9 Å². The number of piperazine rings is 1. The maximum absolute atomic E-state index is 10.7. The van der Waals surface area contributed by atoms with Crippen LogP contribution in [0, 0.1) is 6.92 Å². The minimum Gasteiger partial charge on any atom is -0.395 e. The molecule has 1 fully saturated rings. The van der Waals surface area contributed by atoms with Crippen molar-refractivity contribution in [2.45, 2.75) is 54.9 Å². The number of benzene rings is 1. The number of carbonyl (C=O) groups is 1. The maximum atomic E-state index is 10.7. The van der Waals surface area contributed by atoms with E-state index in [0.29, 0.717) is 22.3 Å². The number of nitrogens with one attached hydrogen (secondary N) is 2. The summed E-state index contributed by atoms with van der Waals surface area (Å²) in [5.41, 5.74) is 3.83. The molecule has 3 rings (SSSR count). The Morgan fingerprint density at radius 2 is 1.85 bits per heavy atom. The number of aldehydes is 1. The molecule has 2 aromatic rings. The van der Waals surface area contributed by atoms with Crippen LogP contribution in [0.5, 0.6) is 0 Å². The Kier molecular flexibility index (Phi) is 20.5. The summed E-state index contributed by atoms with van der Waals surface area (Å²) in [5.74, 6) is 0.855. The molecule has 10 heteroatoms. The standard InChI is InChI=1S/C17H25N5O2S.C8H10ClN.C3H8.C2H6/c1-13(2)19-16(22-6-4-21(5-7-22)8-9-23)10-14(3)20-17-18-11-15(12-24)25-17;1-6-4-3-5-7(9)8(6)10-2;1-3-2;1-2/h10-12,23H,3-9H2,1-2H3,(H,18,20);3-5,10H,1-2H3;3H2,1-2H3;1-2H3/b16-10+;;;. The van der Waals surface area contributed by atoms with Gasteiger partial charge in [-0.3, -0.25) is 9.69 Å². The molecule has 0 aliphatic carbocycles. The van der Waals surface area contributed by atoms with E-state index in [1.807, 2.05) is 65.9 Å². The van der Waals surface area contributed by atoms with Crippen LogP contribution in [0.4, 0.5) is 10.8 Å². The summed E-state index contributed by atoms with van der Waals surface area (Å²) in [6.45, 7) is 22.6. The van der Waals surface area contributed by atoms with E-state index in [9.17, 15) is 4.79 Å². The number of anilines is 2. The highest BCUT2D eigenvalue weighted by Crippen LogP contribution is 2.24. The maximum Gasteiger partial charge on any atom is 0.187 e. The number of allylic oxidation sites excluding steroid dienone is 1. The number of β-amino-alcohol motifs (C(OH)–C–C–N with tert-alkyl or cyclic N) is 1. The van der Waals surface area contributed by atoms with Crippen molar-refractivity contribution < 1.29 is 9.90 Å². The molecule has 224 valence electrons. The van der Waals surface area contributed by atoms with Crippen molar-refractivity contribution >= 4 is 45.8 Å². The lowest BCUT2D eigenvalue weighted by Gasteiger charge is -2.35. The average Bonchev–Trinajstić information content (AvgIpc) is 3.38. The molecule has 0 saturated carbocycles. The van der Waals surface area contributed by atoms with Crippen LogP contribution in [-0.4, -0.2) is 78.3 Å². The second kappa shape index (κ2) is 22.0. The SMILES string of the molecule is C=C(/C=C(\N=C(C)C)N1CCN(CCO)CC1)Nc1ncc(C=O)s1.CC.CCC.CNc1c(C)cccc1Cl. The number of hydrogen-bond acceptors (Lipinski definition) is 9. The highest BCUT2D eigenvalue weighted by atomic mass is 35.5. The first-order valence-corrected chi connectivity index (χ1v) is 15.0. The summed E-state index contributed by atoms with van der Waals surface area (Å²) in [5, 5.41) is 16.6. The lowest BCUT2D eigenvalue weighted by Crippen LogP contribution is -2.46. The summed E-state index contributed by atoms with van der Waals surface area (Å²) in [6.07, 6.45) is 5.47. The number of aliphatic hydroxyl groups excluding tert-OH is 1. The van der Waals surface area contributed by atoms with Gasteiger partial charge in [0, 0.05) is 57.3 Å². The van der Waals surface area contributed by atoms with Crippen LogP contribution in [0.1, 0.15) is 63.2 Å². The third-order valence-corrected chi connectivity index (χ3v) is 6.29. The molecular formula is C30H49ClN6O2S. The van der Waals surface area contributed by atoms with Gasteiger partial charge < -0.3 is 20.6 Å². The molecule has 1 aromatic carbocycles. The number of rotatable bonds is 9. The quantitative estimate of drug-likeness (QED) is 0.165. The van der Waals surface area contributed by atoms with E-state index in [4.69, 9.17) is 16.7 Å². The van der Waals surface area contributed by atoms with Gasteiger partial charge in [0.05, 0.1) is 28.4 Å². The van der Waals surface area contributed by atoms with Gasteiger partial charge in [-0.2, -0.15) is 0 Å². The number of hydrogen-bond donors (Lipinski definition) is 3. The van der Waals surface area contributed by atoms with Crippen molar-refractivity contribution in [3.8, 4) is 0 Å². The molecule has 1 aliphatic heterocycles. The van der Waals surface area contributed by atoms with E-state index in [0.717, 1.165) is 54.7 Å². The Bertz CT molecular complexity index is 1040. The van der Waals surface area contributed by atoms with E-state index >= 15 is 0 Å². The molecule has 1 aliphatic rings. The molecule has 3 N–H and O–H groups in total. The number of halogens is 1. The smallest absolute Gasteiger partial charge is 0.187 e. The van der Waals surface area contributed by atoms with Gasteiger partial charge in [-0.25, -0.2) is 9.98 Å². The number of aromatic nitrogens is 1. The molecule has 40 heavy (non-hydrogen) atoms. The summed E-state index contributed by atoms with van der Waals surface area (Å²) in [7, 11) is 1.87. The molecule has 0 unspecified atom stereocenters. The van der Waals surface area contributed by atoms with Gasteiger partial charge in [0.15, 0.2) is 11.4 Å². The van der Waals surface area contributed by atoms with E-state index < -0.39 is 0 Å². The van der Waals surface area contributed by atoms with E-state index in [2.05, 4.69) is 50.8 Å². The summed E-state index contributed by atoms with van der Waals surface area (Å²) in [4.78, 5) is 24.6. The fraction of sp³-hybridized carbons (Fsp3) is 0.500. The van der Waals surface area contributed by atoms with Crippen molar-refractivity contribution in [2.24, 2.45) is 4.99 Å². The molecule has 0 spiro atoms. The van der Waals surface area contributed by atoms with Gasteiger partial charge >= 0.3 is 0 Å². The van der Waals surface area contributed by atoms with Crippen molar-refractivity contribution in [1.29, 1.82) is 0 Å². The molecule has 0 radical (unpaired) electrons. The second-order valence-electron chi connectivity index (χ2n) is 8.84. The second-order valence-corrected chi connectivity index (χ2v) is 10.3. The van der Waals surface area contributed by atoms with Gasteiger partial charge in [-0.05, 0) is 32.4 Å². The van der Waals surface area contributed by atoms with Crippen LogP contribution in [0.15, 0.2) is 53.6 Å². The summed E-state index contributed by atoms with van der Waals surface area (Å²) in [6, 6.07) is 5.84. The Morgan fingerprint density at radius 1 is 1.23 bits per heavy atom. The largest absolute Gasteiger partial charge is 0.395 e. The predicted octanol–water partition coefficient (Wildman–Crippen LogP) is 6.95. The number of aliphatic imine (C=N–C) groups is 1. The van der Waals surface area contributed by atoms with Crippen molar-refractivity contribution in [3.05, 3.63) is 64.0 Å². The number of aryl methyl sites for hydroxylation is 1. The number of para-hydroxylation sites is 1. The van der Waals surface area contributed by atoms with Gasteiger partial charge in [0.25, 0.3) is 0 Å². The first-order valence-electron chi connectivity index (χ1n) is 13.8. The lowest BCUT2D eigenvalue weighted by molar-refractivity contribution is 0.112. The summed E-state index contributed by atoms with van der Waals surface area (Å²) < 4.78 is 0. The van der Waals surface area contributed by atoms with Crippen LogP contribution in [0.25, 0.3) is 0 Å². The van der Waals surface area contributed by atoms with Crippen molar-refractivity contribution in [3.63, 3.8) is 0 Å². The van der Waals surface area contributed by atoms with E-state index in [1.54, 1.807) is 0 Å². The Balaban J connectivity index is 0.000000837. The predicted molar refractivity (Wildman–Crippen MR) is 175 cm³/mol. The third kappa shape index (κ3) is 14.6. The molecule has 2 heterocycles.